The summed E-state index contributed by atoms with van der Waals surface area (Å²) in [5.74, 6) is 0. The van der Waals surface area contributed by atoms with Crippen LogP contribution in [0.2, 0.25) is 0 Å². The Morgan fingerprint density at radius 2 is 2.15 bits per heavy atom. The van der Waals surface area contributed by atoms with Gasteiger partial charge in [-0.3, -0.25) is 0 Å². The van der Waals surface area contributed by atoms with E-state index in [9.17, 15) is 8.42 Å². The van der Waals surface area contributed by atoms with Crippen molar-refractivity contribution in [3.63, 3.8) is 0 Å². The number of rotatable bonds is 7. The van der Waals surface area contributed by atoms with Crippen molar-refractivity contribution in [2.24, 2.45) is 0 Å². The molecule has 0 saturated carbocycles. The zero-order valence-electron chi connectivity index (χ0n) is 11.3. The number of nitrogens with zero attached hydrogens (tertiary/aromatic N) is 1. The Morgan fingerprint density at radius 3 is 2.80 bits per heavy atom. The Balaban J connectivity index is 2.00. The van der Waals surface area contributed by atoms with Crippen LogP contribution < -0.4 is 10.0 Å². The molecule has 0 saturated heterocycles. The summed E-state index contributed by atoms with van der Waals surface area (Å²) in [6.45, 7) is 5.75. The molecule has 0 aromatic carbocycles. The summed E-state index contributed by atoms with van der Waals surface area (Å²) in [5, 5.41) is 5.81. The van der Waals surface area contributed by atoms with Crippen molar-refractivity contribution in [3.8, 4) is 0 Å². The van der Waals surface area contributed by atoms with Gasteiger partial charge in [0.25, 0.3) is 0 Å². The lowest BCUT2D eigenvalue weighted by Crippen LogP contribution is -2.22. The Labute approximate surface area is 127 Å². The van der Waals surface area contributed by atoms with Gasteiger partial charge in [0.2, 0.25) is 10.0 Å². The predicted octanol–water partition coefficient (Wildman–Crippen LogP) is 2.10. The molecule has 110 valence electrons. The lowest BCUT2D eigenvalue weighted by molar-refractivity contribution is 0.583. The van der Waals surface area contributed by atoms with Gasteiger partial charge in [-0.05, 0) is 30.5 Å². The highest BCUT2D eigenvalue weighted by molar-refractivity contribution is 7.91. The molecule has 2 aromatic heterocycles. The van der Waals surface area contributed by atoms with E-state index in [1.165, 1.54) is 22.7 Å². The van der Waals surface area contributed by atoms with Crippen molar-refractivity contribution in [2.45, 2.75) is 31.1 Å². The molecule has 20 heavy (non-hydrogen) atoms. The molecule has 0 aliphatic heterocycles. The summed E-state index contributed by atoms with van der Waals surface area (Å²) in [6, 6.07) is 1.71. The summed E-state index contributed by atoms with van der Waals surface area (Å²) in [4.78, 5) is 5.22. The van der Waals surface area contributed by atoms with E-state index in [1.54, 1.807) is 12.3 Å². The van der Waals surface area contributed by atoms with Gasteiger partial charge in [-0.15, -0.1) is 22.7 Å². The number of hydrogen-bond donors (Lipinski definition) is 2. The number of aryl methyl sites for hydroxylation is 1. The summed E-state index contributed by atoms with van der Waals surface area (Å²) in [7, 11) is -3.45. The van der Waals surface area contributed by atoms with Crippen molar-refractivity contribution in [1.82, 2.24) is 15.0 Å². The van der Waals surface area contributed by atoms with Crippen LogP contribution in [0.25, 0.3) is 0 Å². The third-order valence-corrected chi connectivity index (χ3v) is 6.36. The first-order valence-electron chi connectivity index (χ1n) is 6.20. The fourth-order valence-electron chi connectivity index (χ4n) is 1.57. The second-order valence-corrected chi connectivity index (χ2v) is 8.47. The summed E-state index contributed by atoms with van der Waals surface area (Å²) in [6.07, 6.45) is 1.74. The zero-order chi connectivity index (χ0) is 14.6. The van der Waals surface area contributed by atoms with Crippen molar-refractivity contribution in [2.75, 3.05) is 6.54 Å². The van der Waals surface area contributed by atoms with Gasteiger partial charge in [-0.1, -0.05) is 6.92 Å². The molecule has 0 unspecified atom stereocenters. The third-order valence-electron chi connectivity index (χ3n) is 2.56. The molecule has 0 radical (unpaired) electrons. The van der Waals surface area contributed by atoms with Crippen LogP contribution in [0.5, 0.6) is 0 Å². The van der Waals surface area contributed by atoms with Gasteiger partial charge < -0.3 is 5.32 Å². The molecule has 0 spiro atoms. The van der Waals surface area contributed by atoms with Gasteiger partial charge in [0.1, 0.15) is 9.22 Å². The first-order chi connectivity index (χ1) is 9.51. The summed E-state index contributed by atoms with van der Waals surface area (Å²) >= 11 is 2.74. The maximum atomic E-state index is 12.2. The quantitative estimate of drug-likeness (QED) is 0.815. The van der Waals surface area contributed by atoms with Gasteiger partial charge in [0.05, 0.1) is 6.54 Å². The molecule has 2 rings (SSSR count). The predicted molar refractivity (Wildman–Crippen MR) is 82.6 cm³/mol. The number of aromatic nitrogens is 1. The van der Waals surface area contributed by atoms with E-state index in [1.807, 2.05) is 19.2 Å². The first-order valence-corrected chi connectivity index (χ1v) is 9.38. The smallest absolute Gasteiger partial charge is 0.250 e. The largest absolute Gasteiger partial charge is 0.313 e. The zero-order valence-corrected chi connectivity index (χ0v) is 13.8. The molecule has 2 N–H and O–H groups in total. The van der Waals surface area contributed by atoms with Crippen molar-refractivity contribution in [3.05, 3.63) is 33.1 Å². The lowest BCUT2D eigenvalue weighted by Gasteiger charge is -2.02. The summed E-state index contributed by atoms with van der Waals surface area (Å²) in [5.41, 5.74) is 0.988. The van der Waals surface area contributed by atoms with Crippen LogP contribution in [0.3, 0.4) is 0 Å². The monoisotopic (exact) mass is 331 g/mol. The van der Waals surface area contributed by atoms with Crippen LogP contribution in [0, 0.1) is 6.92 Å². The Bertz CT molecular complexity index is 661. The minimum atomic E-state index is -3.45. The van der Waals surface area contributed by atoms with Crippen LogP contribution in [-0.2, 0) is 23.1 Å². The Hall–Kier alpha value is -0.800. The Morgan fingerprint density at radius 1 is 1.35 bits per heavy atom. The Kier molecular flexibility index (Phi) is 5.28. The second-order valence-electron chi connectivity index (χ2n) is 4.24. The van der Waals surface area contributed by atoms with Crippen molar-refractivity contribution in [1.29, 1.82) is 0 Å². The standard InChI is InChI=1S/C12H17N3O2S3/c1-3-13-6-10-4-12(18-8-10)20(16,17)15-7-11-14-5-9(2)19-11/h4-5,8,13,15H,3,6-7H2,1-2H3. The maximum Gasteiger partial charge on any atom is 0.250 e. The maximum absolute atomic E-state index is 12.2. The SMILES string of the molecule is CCNCc1csc(S(=O)(=O)NCc2ncc(C)s2)c1. The molecule has 0 aliphatic rings. The number of sulfonamides is 1. The van der Waals surface area contributed by atoms with Gasteiger partial charge in [0.15, 0.2) is 0 Å². The van der Waals surface area contributed by atoms with E-state index < -0.39 is 10.0 Å². The average molecular weight is 331 g/mol. The van der Waals surface area contributed by atoms with E-state index in [-0.39, 0.29) is 6.54 Å². The molecule has 2 aromatic rings. The van der Waals surface area contributed by atoms with Crippen LogP contribution in [0.15, 0.2) is 21.9 Å². The van der Waals surface area contributed by atoms with E-state index in [4.69, 9.17) is 0 Å². The molecule has 2 heterocycles. The van der Waals surface area contributed by atoms with E-state index in [0.717, 1.165) is 22.0 Å². The van der Waals surface area contributed by atoms with E-state index in [2.05, 4.69) is 15.0 Å². The second kappa shape index (κ2) is 6.77. The minimum absolute atomic E-state index is 0.237. The number of thiazole rings is 1. The number of hydrogen-bond acceptors (Lipinski definition) is 6. The lowest BCUT2D eigenvalue weighted by atomic mass is 10.3. The topological polar surface area (TPSA) is 71.1 Å². The molecule has 0 atom stereocenters. The van der Waals surface area contributed by atoms with Crippen molar-refractivity contribution < 1.29 is 8.42 Å². The molecule has 5 nitrogen and oxygen atoms in total. The van der Waals surface area contributed by atoms with Crippen LogP contribution in [0.1, 0.15) is 22.4 Å². The molecule has 0 fully saturated rings. The molecular formula is C12H17N3O2S3. The molecule has 8 heteroatoms. The number of nitrogens with one attached hydrogen (secondary N) is 2. The highest BCUT2D eigenvalue weighted by Gasteiger charge is 2.17. The molecule has 0 aliphatic carbocycles. The fourth-order valence-corrected chi connectivity index (χ4v) is 4.63. The summed E-state index contributed by atoms with van der Waals surface area (Å²) < 4.78 is 27.2. The molecule has 0 amide bonds. The fraction of sp³-hybridized carbons (Fsp3) is 0.417. The van der Waals surface area contributed by atoms with Crippen LogP contribution >= 0.6 is 22.7 Å². The van der Waals surface area contributed by atoms with Gasteiger partial charge in [0, 0.05) is 17.6 Å². The molecular weight excluding hydrogens is 314 g/mol. The van der Waals surface area contributed by atoms with Gasteiger partial charge in [-0.2, -0.15) is 0 Å². The van der Waals surface area contributed by atoms with E-state index >= 15 is 0 Å². The van der Waals surface area contributed by atoms with Gasteiger partial charge in [-0.25, -0.2) is 18.1 Å². The van der Waals surface area contributed by atoms with E-state index in [0.29, 0.717) is 10.8 Å². The average Bonchev–Trinajstić information content (AvgIpc) is 3.03. The first kappa shape index (κ1) is 15.6. The minimum Gasteiger partial charge on any atom is -0.313 e. The highest BCUT2D eigenvalue weighted by Crippen LogP contribution is 2.20. The highest BCUT2D eigenvalue weighted by atomic mass is 32.2. The third kappa shape index (κ3) is 4.10. The number of thiophene rings is 1. The van der Waals surface area contributed by atoms with Crippen LogP contribution in [0.4, 0.5) is 0 Å². The van der Waals surface area contributed by atoms with Crippen LogP contribution in [-0.4, -0.2) is 19.9 Å². The normalized spacial score (nSPS) is 11.9. The van der Waals surface area contributed by atoms with Gasteiger partial charge >= 0.3 is 0 Å². The molecule has 0 bridgehead atoms. The van der Waals surface area contributed by atoms with Crippen molar-refractivity contribution >= 4 is 32.7 Å².